The van der Waals surface area contributed by atoms with Crippen molar-refractivity contribution < 1.29 is 0 Å². The van der Waals surface area contributed by atoms with E-state index in [2.05, 4.69) is 0 Å². The highest BCUT2D eigenvalue weighted by molar-refractivity contribution is 7.80. The molecular weight excluding hydrogens is 192 g/mol. The number of benzene rings is 1. The van der Waals surface area contributed by atoms with Gasteiger partial charge in [-0.05, 0) is 18.6 Å². The standard InChI is InChI=1S/C11H10N2S/c1-8-2-4-9(5-3-8)6-10(7-12)11(13)14/h2-6H,1H3,(H2,13,14)/b10-6-. The van der Waals surface area contributed by atoms with Gasteiger partial charge in [0, 0.05) is 0 Å². The molecule has 0 saturated heterocycles. The van der Waals surface area contributed by atoms with Crippen LogP contribution in [0.5, 0.6) is 0 Å². The number of nitriles is 1. The van der Waals surface area contributed by atoms with Crippen LogP contribution in [0.1, 0.15) is 11.1 Å². The van der Waals surface area contributed by atoms with Gasteiger partial charge in [-0.3, -0.25) is 0 Å². The van der Waals surface area contributed by atoms with Gasteiger partial charge >= 0.3 is 0 Å². The summed E-state index contributed by atoms with van der Waals surface area (Å²) in [5.41, 5.74) is 7.81. The third-order valence-electron chi connectivity index (χ3n) is 1.77. The van der Waals surface area contributed by atoms with Gasteiger partial charge in [-0.1, -0.05) is 42.0 Å². The second kappa shape index (κ2) is 4.54. The van der Waals surface area contributed by atoms with Crippen molar-refractivity contribution in [2.45, 2.75) is 6.92 Å². The molecule has 0 unspecified atom stereocenters. The molecule has 2 N–H and O–H groups in total. The Balaban J connectivity index is 3.03. The maximum atomic E-state index is 8.73. The van der Waals surface area contributed by atoms with Crippen LogP contribution in [-0.4, -0.2) is 4.99 Å². The highest BCUT2D eigenvalue weighted by Crippen LogP contribution is 2.08. The first kappa shape index (κ1) is 10.4. The zero-order valence-electron chi connectivity index (χ0n) is 7.82. The summed E-state index contributed by atoms with van der Waals surface area (Å²) in [5, 5.41) is 8.73. The molecule has 0 saturated carbocycles. The number of hydrogen-bond acceptors (Lipinski definition) is 2. The second-order valence-electron chi connectivity index (χ2n) is 2.94. The second-order valence-corrected chi connectivity index (χ2v) is 3.38. The van der Waals surface area contributed by atoms with E-state index in [-0.39, 0.29) is 4.99 Å². The van der Waals surface area contributed by atoms with Crippen molar-refractivity contribution in [2.75, 3.05) is 0 Å². The molecule has 1 rings (SSSR count). The molecule has 0 aliphatic heterocycles. The normalized spacial score (nSPS) is 10.7. The molecule has 0 aliphatic rings. The molecule has 0 amide bonds. The van der Waals surface area contributed by atoms with Crippen LogP contribution in [0.3, 0.4) is 0 Å². The van der Waals surface area contributed by atoms with Gasteiger partial charge in [0.25, 0.3) is 0 Å². The summed E-state index contributed by atoms with van der Waals surface area (Å²) in [6, 6.07) is 9.75. The van der Waals surface area contributed by atoms with Gasteiger partial charge in [0.1, 0.15) is 11.1 Å². The molecule has 0 radical (unpaired) electrons. The highest BCUT2D eigenvalue weighted by Gasteiger charge is 1.98. The van der Waals surface area contributed by atoms with Crippen molar-refractivity contribution in [3.8, 4) is 6.07 Å². The SMILES string of the molecule is Cc1ccc(/C=C(/C#N)C(N)=S)cc1. The van der Waals surface area contributed by atoms with Crippen LogP contribution in [0.2, 0.25) is 0 Å². The van der Waals surface area contributed by atoms with Crippen molar-refractivity contribution in [1.29, 1.82) is 5.26 Å². The predicted octanol–water partition coefficient (Wildman–Crippen LogP) is 2.19. The van der Waals surface area contributed by atoms with Gasteiger partial charge in [0.2, 0.25) is 0 Å². The van der Waals surface area contributed by atoms with Crippen LogP contribution in [0.15, 0.2) is 29.8 Å². The number of rotatable bonds is 2. The fraction of sp³-hybridized carbons (Fsp3) is 0.0909. The fourth-order valence-corrected chi connectivity index (χ4v) is 1.09. The summed E-state index contributed by atoms with van der Waals surface area (Å²) >= 11 is 4.73. The monoisotopic (exact) mass is 202 g/mol. The van der Waals surface area contributed by atoms with E-state index in [9.17, 15) is 0 Å². The molecule has 0 heterocycles. The average Bonchev–Trinajstić information content (AvgIpc) is 2.16. The van der Waals surface area contributed by atoms with E-state index in [1.54, 1.807) is 6.08 Å². The van der Waals surface area contributed by atoms with E-state index in [0.717, 1.165) is 5.56 Å². The third-order valence-corrected chi connectivity index (χ3v) is 1.99. The maximum absolute atomic E-state index is 8.73. The first-order chi connectivity index (χ1) is 6.63. The molecule has 1 aromatic rings. The molecule has 70 valence electrons. The molecule has 0 aliphatic carbocycles. The molecule has 14 heavy (non-hydrogen) atoms. The molecule has 3 heteroatoms. The van der Waals surface area contributed by atoms with E-state index in [4.69, 9.17) is 23.2 Å². The Labute approximate surface area is 88.7 Å². The minimum absolute atomic E-state index is 0.132. The Kier molecular flexibility index (Phi) is 3.38. The van der Waals surface area contributed by atoms with Gasteiger partial charge in [0.05, 0.1) is 5.57 Å². The number of nitrogens with two attached hydrogens (primary N) is 1. The van der Waals surface area contributed by atoms with E-state index >= 15 is 0 Å². The van der Waals surface area contributed by atoms with Crippen molar-refractivity contribution in [2.24, 2.45) is 5.73 Å². The largest absolute Gasteiger partial charge is 0.389 e. The smallest absolute Gasteiger partial charge is 0.114 e. The Morgan fingerprint density at radius 3 is 2.43 bits per heavy atom. The Hall–Kier alpha value is -1.66. The minimum Gasteiger partial charge on any atom is -0.389 e. The van der Waals surface area contributed by atoms with E-state index in [1.807, 2.05) is 37.3 Å². The quantitative estimate of drug-likeness (QED) is 0.454. The van der Waals surface area contributed by atoms with Crippen LogP contribution in [0.4, 0.5) is 0 Å². The van der Waals surface area contributed by atoms with Crippen molar-refractivity contribution in [3.63, 3.8) is 0 Å². The Bertz CT molecular complexity index is 410. The van der Waals surface area contributed by atoms with E-state index in [1.165, 1.54) is 5.56 Å². The van der Waals surface area contributed by atoms with Gasteiger partial charge in [-0.15, -0.1) is 0 Å². The summed E-state index contributed by atoms with van der Waals surface area (Å²) < 4.78 is 0. The van der Waals surface area contributed by atoms with Gasteiger partial charge < -0.3 is 5.73 Å². The fourth-order valence-electron chi connectivity index (χ4n) is 0.988. The van der Waals surface area contributed by atoms with Crippen LogP contribution >= 0.6 is 12.2 Å². The van der Waals surface area contributed by atoms with Gasteiger partial charge in [-0.2, -0.15) is 5.26 Å². The van der Waals surface area contributed by atoms with Gasteiger partial charge in [-0.25, -0.2) is 0 Å². The molecule has 1 aromatic carbocycles. The third kappa shape index (κ3) is 2.68. The van der Waals surface area contributed by atoms with Crippen LogP contribution in [0, 0.1) is 18.3 Å². The van der Waals surface area contributed by atoms with Gasteiger partial charge in [0.15, 0.2) is 0 Å². The number of hydrogen-bond donors (Lipinski definition) is 1. The highest BCUT2D eigenvalue weighted by atomic mass is 32.1. The average molecular weight is 202 g/mol. The minimum atomic E-state index is 0.132. The number of aryl methyl sites for hydroxylation is 1. The van der Waals surface area contributed by atoms with Crippen molar-refractivity contribution in [1.82, 2.24) is 0 Å². The topological polar surface area (TPSA) is 49.8 Å². The lowest BCUT2D eigenvalue weighted by atomic mass is 10.1. The lowest BCUT2D eigenvalue weighted by Crippen LogP contribution is -2.09. The van der Waals surface area contributed by atoms with Crippen molar-refractivity contribution in [3.05, 3.63) is 41.0 Å². The zero-order valence-corrected chi connectivity index (χ0v) is 8.64. The molecule has 0 spiro atoms. The van der Waals surface area contributed by atoms with Crippen LogP contribution in [0.25, 0.3) is 6.08 Å². The molecular formula is C11H10N2S. The first-order valence-electron chi connectivity index (χ1n) is 4.12. The summed E-state index contributed by atoms with van der Waals surface area (Å²) in [6.45, 7) is 2.01. The molecule has 0 atom stereocenters. The van der Waals surface area contributed by atoms with E-state index in [0.29, 0.717) is 5.57 Å². The summed E-state index contributed by atoms with van der Waals surface area (Å²) in [7, 11) is 0. The zero-order chi connectivity index (χ0) is 10.6. The summed E-state index contributed by atoms with van der Waals surface area (Å²) in [5.74, 6) is 0. The molecule has 0 bridgehead atoms. The summed E-state index contributed by atoms with van der Waals surface area (Å²) in [4.78, 5) is 0.132. The van der Waals surface area contributed by atoms with Crippen LogP contribution < -0.4 is 5.73 Å². The predicted molar refractivity (Wildman–Crippen MR) is 61.6 cm³/mol. The molecule has 0 aromatic heterocycles. The first-order valence-corrected chi connectivity index (χ1v) is 4.52. The summed E-state index contributed by atoms with van der Waals surface area (Å²) in [6.07, 6.45) is 1.68. The maximum Gasteiger partial charge on any atom is 0.114 e. The van der Waals surface area contributed by atoms with Crippen LogP contribution in [-0.2, 0) is 0 Å². The number of nitrogens with zero attached hydrogens (tertiary/aromatic N) is 1. The number of thiocarbonyl (C=S) groups is 1. The van der Waals surface area contributed by atoms with E-state index < -0.39 is 0 Å². The molecule has 0 fully saturated rings. The Morgan fingerprint density at radius 1 is 1.43 bits per heavy atom. The van der Waals surface area contributed by atoms with Crippen molar-refractivity contribution >= 4 is 23.3 Å². The lowest BCUT2D eigenvalue weighted by Gasteiger charge is -1.96. The Morgan fingerprint density at radius 2 is 2.00 bits per heavy atom. The molecule has 2 nitrogen and oxygen atoms in total. The lowest BCUT2D eigenvalue weighted by molar-refractivity contribution is 1.46.